The van der Waals surface area contributed by atoms with Crippen molar-refractivity contribution < 1.29 is 4.74 Å². The lowest BCUT2D eigenvalue weighted by Gasteiger charge is -2.42. The van der Waals surface area contributed by atoms with Crippen LogP contribution in [0.5, 0.6) is 11.5 Å². The summed E-state index contributed by atoms with van der Waals surface area (Å²) in [6, 6.07) is 60.2. The number of pyridine rings is 2. The maximum atomic E-state index is 7.09. The van der Waals surface area contributed by atoms with Gasteiger partial charge in [0, 0.05) is 40.0 Å². The van der Waals surface area contributed by atoms with Gasteiger partial charge in [0.15, 0.2) is 11.5 Å². The van der Waals surface area contributed by atoms with E-state index in [9.17, 15) is 0 Å². The number of anilines is 3. The van der Waals surface area contributed by atoms with Gasteiger partial charge in [0.2, 0.25) is 0 Å². The van der Waals surface area contributed by atoms with Crippen LogP contribution >= 0.6 is 11.8 Å². The third-order valence-corrected chi connectivity index (χ3v) is 13.5. The molecule has 3 aliphatic rings. The van der Waals surface area contributed by atoms with E-state index in [0.29, 0.717) is 0 Å². The first-order chi connectivity index (χ1) is 29.8. The molecule has 5 heterocycles. The molecule has 13 rings (SSSR count). The standard InChI is InChI=1S/C53H31N5OS/c1-2-14-33-32(12-1)13-9-22-43(33)58-44-21-6-7-23-46(44)59-51-45(58)28-26-40-52(51)60-47-24-8-5-18-37(47)53(40)38-19-11-29-55-49(38)50-39(53)25-27-41(57-50)35-16-4-3-15-34(35)36-17-10-20-42-48(36)56-31-30-54-42/h1-31H. The molecule has 10 aromatic rings. The first-order valence-electron chi connectivity index (χ1n) is 20.0. The number of hydrogen-bond donors (Lipinski definition) is 0. The lowest BCUT2D eigenvalue weighted by molar-refractivity contribution is 0.461. The van der Waals surface area contributed by atoms with Crippen LogP contribution in [-0.4, -0.2) is 19.9 Å². The lowest BCUT2D eigenvalue weighted by Crippen LogP contribution is -2.32. The highest BCUT2D eigenvalue weighted by Crippen LogP contribution is 2.66. The summed E-state index contributed by atoms with van der Waals surface area (Å²) in [4.78, 5) is 24.7. The number of fused-ring (bicyclic) bond motifs is 14. The van der Waals surface area contributed by atoms with Gasteiger partial charge in [0.1, 0.15) is 0 Å². The number of hydrogen-bond acceptors (Lipinski definition) is 7. The molecular weight excluding hydrogens is 755 g/mol. The van der Waals surface area contributed by atoms with Gasteiger partial charge in [-0.25, -0.2) is 4.98 Å². The van der Waals surface area contributed by atoms with Crippen molar-refractivity contribution in [2.45, 2.75) is 15.2 Å². The van der Waals surface area contributed by atoms with Crippen molar-refractivity contribution in [2.75, 3.05) is 4.90 Å². The van der Waals surface area contributed by atoms with E-state index in [1.165, 1.54) is 21.2 Å². The highest BCUT2D eigenvalue weighted by Gasteiger charge is 2.53. The number of ether oxygens (including phenoxy) is 1. The van der Waals surface area contributed by atoms with Gasteiger partial charge in [-0.05, 0) is 81.7 Å². The molecule has 0 saturated heterocycles. The van der Waals surface area contributed by atoms with E-state index >= 15 is 0 Å². The van der Waals surface area contributed by atoms with Crippen LogP contribution in [0.25, 0.3) is 55.6 Å². The van der Waals surface area contributed by atoms with Crippen molar-refractivity contribution in [3.63, 3.8) is 0 Å². The van der Waals surface area contributed by atoms with Gasteiger partial charge in [-0.15, -0.1) is 0 Å². The zero-order valence-corrected chi connectivity index (χ0v) is 32.8. The van der Waals surface area contributed by atoms with Crippen LogP contribution in [0, 0.1) is 0 Å². The Morgan fingerprint density at radius 3 is 2.20 bits per heavy atom. The van der Waals surface area contributed by atoms with E-state index in [1.807, 2.05) is 18.3 Å². The summed E-state index contributed by atoms with van der Waals surface area (Å²) in [5.74, 6) is 1.66. The van der Waals surface area contributed by atoms with Crippen molar-refractivity contribution in [1.82, 2.24) is 19.9 Å². The molecule has 60 heavy (non-hydrogen) atoms. The molecule has 0 fully saturated rings. The molecule has 1 atom stereocenters. The Morgan fingerprint density at radius 2 is 1.22 bits per heavy atom. The molecule has 2 aliphatic heterocycles. The second-order valence-corrected chi connectivity index (χ2v) is 16.4. The summed E-state index contributed by atoms with van der Waals surface area (Å²) in [6.07, 6.45) is 5.38. The minimum atomic E-state index is -0.702. The molecule has 6 nitrogen and oxygen atoms in total. The number of rotatable bonds is 3. The van der Waals surface area contributed by atoms with Crippen molar-refractivity contribution in [3.05, 3.63) is 211 Å². The largest absolute Gasteiger partial charge is 0.452 e. The average molecular weight is 786 g/mol. The van der Waals surface area contributed by atoms with Crippen LogP contribution in [0.1, 0.15) is 22.3 Å². The molecule has 280 valence electrons. The molecule has 0 N–H and O–H groups in total. The number of benzene rings is 7. The summed E-state index contributed by atoms with van der Waals surface area (Å²) in [6.45, 7) is 0. The van der Waals surface area contributed by atoms with Gasteiger partial charge in [-0.1, -0.05) is 133 Å². The Balaban J connectivity index is 1.05. The third-order valence-electron chi connectivity index (χ3n) is 12.3. The average Bonchev–Trinajstić information content (AvgIpc) is 3.60. The fraction of sp³-hybridized carbons (Fsp3) is 0.0189. The number of para-hydroxylation sites is 3. The van der Waals surface area contributed by atoms with Crippen LogP contribution in [0.2, 0.25) is 0 Å². The SMILES string of the molecule is c1ccc2c(c1)Oc1c(ccc3c1Sc1ccccc1C31c3cccnc3-c3nc(-c4ccccc4-c4cccc5nccnc45)ccc31)N2c1cccc2ccccc12. The summed E-state index contributed by atoms with van der Waals surface area (Å²) in [5.41, 5.74) is 14.4. The number of nitrogens with zero attached hydrogens (tertiary/aromatic N) is 5. The quantitative estimate of drug-likeness (QED) is 0.177. The lowest BCUT2D eigenvalue weighted by atomic mass is 9.67. The van der Waals surface area contributed by atoms with E-state index in [4.69, 9.17) is 19.7 Å². The normalized spacial score (nSPS) is 15.4. The fourth-order valence-electron chi connectivity index (χ4n) is 9.84. The Morgan fingerprint density at radius 1 is 0.483 bits per heavy atom. The zero-order chi connectivity index (χ0) is 39.4. The van der Waals surface area contributed by atoms with Crippen LogP contribution in [0.3, 0.4) is 0 Å². The van der Waals surface area contributed by atoms with Gasteiger partial charge in [-0.3, -0.25) is 15.0 Å². The maximum absolute atomic E-state index is 7.09. The van der Waals surface area contributed by atoms with Gasteiger partial charge in [0.25, 0.3) is 0 Å². The molecule has 0 saturated carbocycles. The second kappa shape index (κ2) is 12.7. The van der Waals surface area contributed by atoms with Crippen molar-refractivity contribution in [3.8, 4) is 45.3 Å². The monoisotopic (exact) mass is 785 g/mol. The third kappa shape index (κ3) is 4.55. The van der Waals surface area contributed by atoms with E-state index in [2.05, 4.69) is 168 Å². The molecule has 1 spiro atoms. The maximum Gasteiger partial charge on any atom is 0.165 e. The Hall–Kier alpha value is -7.61. The molecule has 7 heteroatoms. The van der Waals surface area contributed by atoms with E-state index in [0.717, 1.165) is 95.0 Å². The van der Waals surface area contributed by atoms with Crippen molar-refractivity contribution in [2.24, 2.45) is 0 Å². The minimum absolute atomic E-state index is 0.702. The van der Waals surface area contributed by atoms with Gasteiger partial charge in [0.05, 0.1) is 55.5 Å². The second-order valence-electron chi connectivity index (χ2n) is 15.3. The smallest absolute Gasteiger partial charge is 0.165 e. The van der Waals surface area contributed by atoms with Gasteiger partial charge >= 0.3 is 0 Å². The first kappa shape index (κ1) is 33.4. The van der Waals surface area contributed by atoms with Crippen LogP contribution in [0.15, 0.2) is 198 Å². The van der Waals surface area contributed by atoms with Gasteiger partial charge < -0.3 is 9.64 Å². The molecule has 1 aliphatic carbocycles. The van der Waals surface area contributed by atoms with E-state index in [1.54, 1.807) is 24.2 Å². The van der Waals surface area contributed by atoms with E-state index < -0.39 is 5.41 Å². The highest BCUT2D eigenvalue weighted by molar-refractivity contribution is 7.99. The Labute approximate surface area is 349 Å². The van der Waals surface area contributed by atoms with Crippen LogP contribution in [-0.2, 0) is 5.41 Å². The van der Waals surface area contributed by atoms with Crippen LogP contribution in [0.4, 0.5) is 17.1 Å². The summed E-state index contributed by atoms with van der Waals surface area (Å²) >= 11 is 1.78. The molecule has 7 aromatic carbocycles. The number of aromatic nitrogens is 4. The first-order valence-corrected chi connectivity index (χ1v) is 20.9. The molecule has 0 radical (unpaired) electrons. The molecule has 3 aromatic heterocycles. The fourth-order valence-corrected chi connectivity index (χ4v) is 11.1. The Bertz CT molecular complexity index is 3430. The highest BCUT2D eigenvalue weighted by atomic mass is 32.2. The summed E-state index contributed by atoms with van der Waals surface area (Å²) in [7, 11) is 0. The topological polar surface area (TPSA) is 64.0 Å². The summed E-state index contributed by atoms with van der Waals surface area (Å²) < 4.78 is 7.09. The summed E-state index contributed by atoms with van der Waals surface area (Å²) in [5, 5.41) is 2.36. The minimum Gasteiger partial charge on any atom is -0.452 e. The van der Waals surface area contributed by atoms with Crippen molar-refractivity contribution in [1.29, 1.82) is 0 Å². The Kier molecular flexibility index (Phi) is 7.06. The van der Waals surface area contributed by atoms with Crippen LogP contribution < -0.4 is 9.64 Å². The predicted molar refractivity (Wildman–Crippen MR) is 240 cm³/mol. The zero-order valence-electron chi connectivity index (χ0n) is 32.0. The van der Waals surface area contributed by atoms with Crippen molar-refractivity contribution >= 4 is 50.6 Å². The molecule has 1 unspecified atom stereocenters. The predicted octanol–water partition coefficient (Wildman–Crippen LogP) is 13.3. The molecular formula is C53H31N5OS. The molecule has 0 amide bonds. The van der Waals surface area contributed by atoms with E-state index in [-0.39, 0.29) is 0 Å². The van der Waals surface area contributed by atoms with Gasteiger partial charge in [-0.2, -0.15) is 0 Å². The molecule has 0 bridgehead atoms.